The Balaban J connectivity index is 1.57. The van der Waals surface area contributed by atoms with Crippen LogP contribution in [-0.4, -0.2) is 24.0 Å². The Kier molecular flexibility index (Phi) is 6.03. The second kappa shape index (κ2) is 8.26. The van der Waals surface area contributed by atoms with Gasteiger partial charge in [-0.05, 0) is 35.9 Å². The molecule has 1 saturated heterocycles. The molecule has 3 rings (SSSR count). The van der Waals surface area contributed by atoms with Gasteiger partial charge in [0.05, 0.1) is 16.7 Å². The minimum Gasteiger partial charge on any atom is -0.376 e. The summed E-state index contributed by atoms with van der Waals surface area (Å²) in [5, 5.41) is 5.51. The van der Waals surface area contributed by atoms with E-state index in [1.165, 1.54) is 12.1 Å². The van der Waals surface area contributed by atoms with Gasteiger partial charge in [0.1, 0.15) is 0 Å². The molecule has 26 heavy (non-hydrogen) atoms. The predicted octanol–water partition coefficient (Wildman–Crippen LogP) is 5.23. The normalized spacial score (nSPS) is 15.0. The molecule has 0 radical (unpaired) electrons. The van der Waals surface area contributed by atoms with Gasteiger partial charge in [-0.2, -0.15) is 13.2 Å². The fourth-order valence-corrected chi connectivity index (χ4v) is 5.35. The monoisotopic (exact) mass is 398 g/mol. The van der Waals surface area contributed by atoms with Crippen molar-refractivity contribution in [1.29, 1.82) is 0 Å². The molecule has 8 heteroatoms. The smallest absolute Gasteiger partial charge is 0.376 e. The van der Waals surface area contributed by atoms with Crippen LogP contribution in [0.1, 0.15) is 15.7 Å². The van der Waals surface area contributed by atoms with Gasteiger partial charge < -0.3 is 10.6 Å². The minimum atomic E-state index is -4.41. The number of benzene rings is 2. The Morgan fingerprint density at radius 3 is 2.46 bits per heavy atom. The van der Waals surface area contributed by atoms with Crippen molar-refractivity contribution in [1.82, 2.24) is 0 Å². The first kappa shape index (κ1) is 19.0. The summed E-state index contributed by atoms with van der Waals surface area (Å²) in [4.78, 5) is 12.1. The zero-order valence-corrected chi connectivity index (χ0v) is 15.3. The van der Waals surface area contributed by atoms with Gasteiger partial charge in [-0.3, -0.25) is 4.79 Å². The summed E-state index contributed by atoms with van der Waals surface area (Å²) >= 11 is 3.76. The first-order valence-corrected chi connectivity index (χ1v) is 10.1. The van der Waals surface area contributed by atoms with Crippen molar-refractivity contribution in [3.63, 3.8) is 0 Å². The van der Waals surface area contributed by atoms with Crippen LogP contribution in [0.3, 0.4) is 0 Å². The molecular formula is C18H17F3N2OS2. The van der Waals surface area contributed by atoms with Gasteiger partial charge >= 0.3 is 6.18 Å². The van der Waals surface area contributed by atoms with E-state index in [1.54, 1.807) is 6.07 Å². The summed E-state index contributed by atoms with van der Waals surface area (Å²) in [6.45, 7) is -0.113. The molecule has 138 valence electrons. The van der Waals surface area contributed by atoms with E-state index in [2.05, 4.69) is 10.6 Å². The summed E-state index contributed by atoms with van der Waals surface area (Å²) in [5.74, 6) is 1.92. The van der Waals surface area contributed by atoms with Crippen molar-refractivity contribution >= 4 is 40.8 Å². The summed E-state index contributed by atoms with van der Waals surface area (Å²) < 4.78 is 38.5. The topological polar surface area (TPSA) is 41.1 Å². The first-order chi connectivity index (χ1) is 12.4. The van der Waals surface area contributed by atoms with Crippen molar-refractivity contribution in [3.05, 3.63) is 59.7 Å². The number of thioether (sulfide) groups is 2. The highest BCUT2D eigenvalue weighted by molar-refractivity contribution is 8.19. The maximum atomic E-state index is 12.7. The molecule has 0 saturated carbocycles. The largest absolute Gasteiger partial charge is 0.416 e. The van der Waals surface area contributed by atoms with E-state index in [4.69, 9.17) is 0 Å². The van der Waals surface area contributed by atoms with E-state index in [0.29, 0.717) is 10.3 Å². The van der Waals surface area contributed by atoms with E-state index >= 15 is 0 Å². The minimum absolute atomic E-state index is 0.113. The van der Waals surface area contributed by atoms with Gasteiger partial charge in [0.25, 0.3) is 0 Å². The molecule has 0 aliphatic carbocycles. The highest BCUT2D eigenvalue weighted by Gasteiger charge is 2.30. The lowest BCUT2D eigenvalue weighted by molar-refractivity contribution is -0.137. The third-order valence-electron chi connectivity index (χ3n) is 3.71. The maximum Gasteiger partial charge on any atom is 0.416 e. The third-order valence-corrected chi connectivity index (χ3v) is 6.81. The fraction of sp³-hybridized carbons (Fsp3) is 0.278. The number of hydrogen-bond donors (Lipinski definition) is 2. The van der Waals surface area contributed by atoms with Crippen LogP contribution in [0.5, 0.6) is 0 Å². The molecule has 1 aliphatic rings. The third kappa shape index (κ3) is 5.11. The highest BCUT2D eigenvalue weighted by Crippen LogP contribution is 2.45. The molecule has 0 aromatic heterocycles. The lowest BCUT2D eigenvalue weighted by Crippen LogP contribution is -2.22. The Labute approximate surface area is 158 Å². The number of rotatable bonds is 5. The van der Waals surface area contributed by atoms with Gasteiger partial charge in [-0.15, -0.1) is 23.5 Å². The molecule has 2 aromatic rings. The molecule has 1 fully saturated rings. The number of hydrogen-bond acceptors (Lipinski definition) is 4. The number of nitrogens with one attached hydrogen (secondary N) is 2. The zero-order valence-electron chi connectivity index (χ0n) is 13.7. The Hall–Kier alpha value is -1.80. The van der Waals surface area contributed by atoms with E-state index in [0.717, 1.165) is 29.2 Å². The quantitative estimate of drug-likeness (QED) is 0.723. The number of anilines is 2. The zero-order chi connectivity index (χ0) is 18.6. The Morgan fingerprint density at radius 1 is 1.04 bits per heavy atom. The maximum absolute atomic E-state index is 12.7. The first-order valence-electron chi connectivity index (χ1n) is 7.96. The van der Waals surface area contributed by atoms with Crippen LogP contribution in [0.2, 0.25) is 0 Å². The number of carbonyl (C=O) groups excluding carboxylic acids is 1. The van der Waals surface area contributed by atoms with Gasteiger partial charge in [0.15, 0.2) is 0 Å². The molecule has 0 bridgehead atoms. The summed E-state index contributed by atoms with van der Waals surface area (Å²) in [7, 11) is 0. The molecule has 1 heterocycles. The molecule has 0 unspecified atom stereocenters. The Bertz CT molecular complexity index is 777. The van der Waals surface area contributed by atoms with Gasteiger partial charge in [0.2, 0.25) is 5.91 Å². The van der Waals surface area contributed by atoms with E-state index in [1.807, 2.05) is 41.7 Å². The Morgan fingerprint density at radius 2 is 1.73 bits per heavy atom. The lowest BCUT2D eigenvalue weighted by Gasteiger charge is -2.12. The molecule has 0 atom stereocenters. The molecule has 3 nitrogen and oxygen atoms in total. The fourth-order valence-electron chi connectivity index (χ4n) is 2.51. The van der Waals surface area contributed by atoms with Crippen molar-refractivity contribution in [3.8, 4) is 0 Å². The van der Waals surface area contributed by atoms with Gasteiger partial charge in [-0.25, -0.2) is 0 Å². The molecule has 2 N–H and O–H groups in total. The lowest BCUT2D eigenvalue weighted by atomic mass is 10.2. The summed E-state index contributed by atoms with van der Waals surface area (Å²) in [5.41, 5.74) is 1.34. The number of halogens is 3. The SMILES string of the molecule is O=C(CNc1cccc(C(F)(F)F)c1)Nc1cccc(C2SCCS2)c1. The number of amides is 1. The van der Waals surface area contributed by atoms with Crippen LogP contribution in [-0.2, 0) is 11.0 Å². The average Bonchev–Trinajstić information content (AvgIpc) is 3.14. The van der Waals surface area contributed by atoms with Crippen LogP contribution >= 0.6 is 23.5 Å². The van der Waals surface area contributed by atoms with Crippen molar-refractivity contribution in [2.75, 3.05) is 28.7 Å². The van der Waals surface area contributed by atoms with Crippen LogP contribution in [0.4, 0.5) is 24.5 Å². The van der Waals surface area contributed by atoms with Crippen molar-refractivity contribution in [2.24, 2.45) is 0 Å². The number of carbonyl (C=O) groups is 1. The second-order valence-corrected chi connectivity index (χ2v) is 8.40. The molecule has 2 aromatic carbocycles. The van der Waals surface area contributed by atoms with Crippen LogP contribution in [0, 0.1) is 0 Å². The number of alkyl halides is 3. The average molecular weight is 398 g/mol. The highest BCUT2D eigenvalue weighted by atomic mass is 32.2. The molecular weight excluding hydrogens is 381 g/mol. The molecule has 1 amide bonds. The predicted molar refractivity (Wildman–Crippen MR) is 103 cm³/mol. The van der Waals surface area contributed by atoms with E-state index in [-0.39, 0.29) is 18.1 Å². The van der Waals surface area contributed by atoms with Gasteiger partial charge in [0, 0.05) is 22.9 Å². The van der Waals surface area contributed by atoms with Crippen LogP contribution in [0.15, 0.2) is 48.5 Å². The molecule has 1 aliphatic heterocycles. The molecule has 0 spiro atoms. The standard InChI is InChI=1S/C18H17F3N2OS2/c19-18(20,21)13-4-2-5-14(10-13)22-11-16(24)23-15-6-1-3-12(9-15)17-25-7-8-26-17/h1-6,9-10,17,22H,7-8,11H2,(H,23,24). The van der Waals surface area contributed by atoms with Crippen LogP contribution in [0.25, 0.3) is 0 Å². The van der Waals surface area contributed by atoms with E-state index in [9.17, 15) is 18.0 Å². The summed E-state index contributed by atoms with van der Waals surface area (Å²) in [6.07, 6.45) is -4.41. The van der Waals surface area contributed by atoms with Gasteiger partial charge in [-0.1, -0.05) is 18.2 Å². The van der Waals surface area contributed by atoms with Crippen molar-refractivity contribution in [2.45, 2.75) is 10.8 Å². The van der Waals surface area contributed by atoms with Crippen molar-refractivity contribution < 1.29 is 18.0 Å². The summed E-state index contributed by atoms with van der Waals surface area (Å²) in [6, 6.07) is 12.5. The van der Waals surface area contributed by atoms with E-state index < -0.39 is 11.7 Å². The van der Waals surface area contributed by atoms with Crippen LogP contribution < -0.4 is 10.6 Å². The second-order valence-electron chi connectivity index (χ2n) is 5.68.